The van der Waals surface area contributed by atoms with E-state index in [4.69, 9.17) is 4.74 Å². The zero-order chi connectivity index (χ0) is 15.7. The van der Waals surface area contributed by atoms with Crippen LogP contribution in [0.1, 0.15) is 35.8 Å². The lowest BCUT2D eigenvalue weighted by molar-refractivity contribution is 0.103. The molecular weight excluding hydrogens is 274 g/mol. The number of rotatable bonds is 4. The second-order valence-corrected chi connectivity index (χ2v) is 5.62. The highest BCUT2D eigenvalue weighted by atomic mass is 16.5. The number of carbonyl (C=O) groups excluding carboxylic acids is 1. The summed E-state index contributed by atoms with van der Waals surface area (Å²) in [5.41, 5.74) is 2.47. The second-order valence-electron chi connectivity index (χ2n) is 5.62. The Kier molecular flexibility index (Phi) is 3.72. The Balaban J connectivity index is 2.15. The van der Waals surface area contributed by atoms with Gasteiger partial charge in [0.2, 0.25) is 0 Å². The van der Waals surface area contributed by atoms with Gasteiger partial charge in [-0.05, 0) is 32.0 Å². The van der Waals surface area contributed by atoms with Crippen LogP contribution in [0.4, 0.5) is 0 Å². The van der Waals surface area contributed by atoms with Gasteiger partial charge in [0.05, 0.1) is 7.11 Å². The summed E-state index contributed by atoms with van der Waals surface area (Å²) >= 11 is 0. The molecule has 0 fully saturated rings. The average Bonchev–Trinajstić information content (AvgIpc) is 2.94. The summed E-state index contributed by atoms with van der Waals surface area (Å²) in [6.07, 6.45) is 1.96. The van der Waals surface area contributed by atoms with Crippen LogP contribution in [-0.4, -0.2) is 17.5 Å². The molecule has 0 aliphatic heterocycles. The van der Waals surface area contributed by atoms with Crippen LogP contribution in [0.25, 0.3) is 10.9 Å². The van der Waals surface area contributed by atoms with E-state index >= 15 is 0 Å². The highest BCUT2D eigenvalue weighted by Crippen LogP contribution is 2.27. The first kappa shape index (κ1) is 14.4. The van der Waals surface area contributed by atoms with Crippen molar-refractivity contribution in [3.05, 3.63) is 65.9 Å². The lowest BCUT2D eigenvalue weighted by atomic mass is 10.0. The highest BCUT2D eigenvalue weighted by Gasteiger charge is 2.17. The standard InChI is InChI=1S/C19H19NO2/c1-13(2)20-12-17(16-9-4-5-10-18(16)20)19(21)14-7-6-8-15(11-14)22-3/h4-13H,1-3H3. The first-order valence-corrected chi connectivity index (χ1v) is 7.40. The number of hydrogen-bond acceptors (Lipinski definition) is 2. The first-order valence-electron chi connectivity index (χ1n) is 7.40. The van der Waals surface area contributed by atoms with Gasteiger partial charge in [-0.15, -0.1) is 0 Å². The molecule has 3 aromatic rings. The predicted octanol–water partition coefficient (Wildman–Crippen LogP) is 4.46. The van der Waals surface area contributed by atoms with Crippen molar-refractivity contribution in [3.8, 4) is 5.75 Å². The number of para-hydroxylation sites is 1. The minimum absolute atomic E-state index is 0.0227. The van der Waals surface area contributed by atoms with Gasteiger partial charge in [0, 0.05) is 34.3 Å². The number of fused-ring (bicyclic) bond motifs is 1. The van der Waals surface area contributed by atoms with Crippen LogP contribution in [0.5, 0.6) is 5.75 Å². The Morgan fingerprint density at radius 2 is 1.86 bits per heavy atom. The topological polar surface area (TPSA) is 31.2 Å². The lowest BCUT2D eigenvalue weighted by Crippen LogP contribution is -2.02. The Bertz CT molecular complexity index is 830. The fraction of sp³-hybridized carbons (Fsp3) is 0.211. The van der Waals surface area contributed by atoms with Crippen molar-refractivity contribution in [2.45, 2.75) is 19.9 Å². The highest BCUT2D eigenvalue weighted by molar-refractivity contribution is 6.16. The van der Waals surface area contributed by atoms with E-state index in [0.717, 1.165) is 16.5 Å². The number of nitrogens with zero attached hydrogens (tertiary/aromatic N) is 1. The molecule has 22 heavy (non-hydrogen) atoms. The maximum absolute atomic E-state index is 12.9. The Morgan fingerprint density at radius 1 is 1.09 bits per heavy atom. The first-order chi connectivity index (χ1) is 10.6. The van der Waals surface area contributed by atoms with E-state index in [9.17, 15) is 4.79 Å². The molecular formula is C19H19NO2. The van der Waals surface area contributed by atoms with Crippen molar-refractivity contribution in [2.75, 3.05) is 7.11 Å². The number of ketones is 1. The van der Waals surface area contributed by atoms with Crippen molar-refractivity contribution in [1.29, 1.82) is 0 Å². The molecule has 0 radical (unpaired) electrons. The summed E-state index contributed by atoms with van der Waals surface area (Å²) in [5.74, 6) is 0.716. The molecule has 0 aliphatic carbocycles. The minimum Gasteiger partial charge on any atom is -0.497 e. The number of hydrogen-bond donors (Lipinski definition) is 0. The van der Waals surface area contributed by atoms with E-state index in [0.29, 0.717) is 17.4 Å². The van der Waals surface area contributed by atoms with Crippen molar-refractivity contribution in [3.63, 3.8) is 0 Å². The van der Waals surface area contributed by atoms with Crippen LogP contribution >= 0.6 is 0 Å². The number of benzene rings is 2. The monoisotopic (exact) mass is 293 g/mol. The molecule has 0 N–H and O–H groups in total. The Hall–Kier alpha value is -2.55. The van der Waals surface area contributed by atoms with E-state index in [2.05, 4.69) is 24.5 Å². The van der Waals surface area contributed by atoms with Gasteiger partial charge in [-0.2, -0.15) is 0 Å². The van der Waals surface area contributed by atoms with Crippen molar-refractivity contribution in [1.82, 2.24) is 4.57 Å². The van der Waals surface area contributed by atoms with Gasteiger partial charge in [-0.25, -0.2) is 0 Å². The number of ether oxygens (including phenoxy) is 1. The van der Waals surface area contributed by atoms with Crippen LogP contribution in [0.15, 0.2) is 54.7 Å². The van der Waals surface area contributed by atoms with Gasteiger partial charge >= 0.3 is 0 Å². The van der Waals surface area contributed by atoms with Crippen molar-refractivity contribution in [2.24, 2.45) is 0 Å². The van der Waals surface area contributed by atoms with Crippen LogP contribution in [0.3, 0.4) is 0 Å². The van der Waals surface area contributed by atoms with Gasteiger partial charge in [0.1, 0.15) is 5.75 Å². The molecule has 0 amide bonds. The van der Waals surface area contributed by atoms with Crippen molar-refractivity contribution < 1.29 is 9.53 Å². The van der Waals surface area contributed by atoms with Gasteiger partial charge in [-0.1, -0.05) is 30.3 Å². The third-order valence-corrected chi connectivity index (χ3v) is 3.87. The molecule has 3 heteroatoms. The zero-order valence-corrected chi connectivity index (χ0v) is 13.0. The lowest BCUT2D eigenvalue weighted by Gasteiger charge is -2.08. The van der Waals surface area contributed by atoms with E-state index in [1.807, 2.05) is 42.6 Å². The smallest absolute Gasteiger partial charge is 0.195 e. The summed E-state index contributed by atoms with van der Waals surface area (Å²) in [5, 5.41) is 0.990. The Labute approximate surface area is 130 Å². The zero-order valence-electron chi connectivity index (χ0n) is 13.0. The average molecular weight is 293 g/mol. The van der Waals surface area contributed by atoms with E-state index in [-0.39, 0.29) is 5.78 Å². The number of methoxy groups -OCH3 is 1. The number of aromatic nitrogens is 1. The molecule has 1 aromatic heterocycles. The third kappa shape index (κ3) is 2.39. The van der Waals surface area contributed by atoms with E-state index in [1.165, 1.54) is 0 Å². The normalized spacial score (nSPS) is 11.1. The van der Waals surface area contributed by atoms with E-state index in [1.54, 1.807) is 13.2 Å². The molecule has 3 rings (SSSR count). The molecule has 2 aromatic carbocycles. The molecule has 0 saturated carbocycles. The largest absolute Gasteiger partial charge is 0.497 e. The van der Waals surface area contributed by atoms with Gasteiger partial charge in [0.25, 0.3) is 0 Å². The summed E-state index contributed by atoms with van der Waals surface area (Å²) in [6, 6.07) is 15.6. The van der Waals surface area contributed by atoms with Gasteiger partial charge < -0.3 is 9.30 Å². The summed E-state index contributed by atoms with van der Waals surface area (Å²) in [4.78, 5) is 12.9. The van der Waals surface area contributed by atoms with Gasteiger partial charge in [-0.3, -0.25) is 4.79 Å². The molecule has 0 spiro atoms. The SMILES string of the molecule is COc1cccc(C(=O)c2cn(C(C)C)c3ccccc23)c1. The Morgan fingerprint density at radius 3 is 2.59 bits per heavy atom. The summed E-state index contributed by atoms with van der Waals surface area (Å²) in [7, 11) is 1.61. The third-order valence-electron chi connectivity index (χ3n) is 3.87. The minimum atomic E-state index is 0.0227. The molecule has 0 bridgehead atoms. The fourth-order valence-corrected chi connectivity index (χ4v) is 2.73. The molecule has 0 atom stereocenters. The summed E-state index contributed by atoms with van der Waals surface area (Å²) in [6.45, 7) is 4.23. The van der Waals surface area contributed by atoms with Crippen LogP contribution in [0.2, 0.25) is 0 Å². The predicted molar refractivity (Wildman–Crippen MR) is 88.7 cm³/mol. The fourth-order valence-electron chi connectivity index (χ4n) is 2.73. The molecule has 112 valence electrons. The molecule has 0 saturated heterocycles. The molecule has 1 heterocycles. The summed E-state index contributed by atoms with van der Waals surface area (Å²) < 4.78 is 7.36. The second kappa shape index (κ2) is 5.68. The van der Waals surface area contributed by atoms with Crippen molar-refractivity contribution >= 4 is 16.7 Å². The van der Waals surface area contributed by atoms with Crippen LogP contribution in [-0.2, 0) is 0 Å². The van der Waals surface area contributed by atoms with Crippen LogP contribution in [0, 0.1) is 0 Å². The molecule has 3 nitrogen and oxygen atoms in total. The van der Waals surface area contributed by atoms with Gasteiger partial charge in [0.15, 0.2) is 5.78 Å². The molecule has 0 unspecified atom stereocenters. The van der Waals surface area contributed by atoms with Crippen LogP contribution < -0.4 is 4.74 Å². The maximum Gasteiger partial charge on any atom is 0.195 e. The maximum atomic E-state index is 12.9. The van der Waals surface area contributed by atoms with E-state index < -0.39 is 0 Å². The quantitative estimate of drug-likeness (QED) is 0.665. The molecule has 0 aliphatic rings. The number of carbonyl (C=O) groups is 1.